The molecule has 4 nitrogen and oxygen atoms in total. The number of hydrogen-bond donors (Lipinski definition) is 1. The average Bonchev–Trinajstić information content (AvgIpc) is 3.08. The standard InChI is InChI=1S/C25H25N3OS/c1-26-21-14-11-18(12-15-21)17-30-25-23(19-7-4-3-5-8-19)24(27-28-25)20-9-6-10-22(29-2)16-13-20/h3-9,11-16,23,26H,10,17H2,1-2H3. The van der Waals surface area contributed by atoms with Crippen LogP contribution in [0.5, 0.6) is 0 Å². The highest BCUT2D eigenvalue weighted by Gasteiger charge is 2.31. The van der Waals surface area contributed by atoms with E-state index in [1.807, 2.05) is 19.2 Å². The molecule has 2 aromatic carbocycles. The molecular weight excluding hydrogens is 390 g/mol. The van der Waals surface area contributed by atoms with Gasteiger partial charge in [-0.15, -0.1) is 16.9 Å². The number of methoxy groups -OCH3 is 1. The Bertz CT molecular complexity index is 1030. The number of ether oxygens (including phenoxy) is 1. The van der Waals surface area contributed by atoms with Crippen molar-refractivity contribution in [1.29, 1.82) is 0 Å². The Hall–Kier alpha value is -3.05. The molecule has 1 aliphatic carbocycles. The van der Waals surface area contributed by atoms with Gasteiger partial charge in [-0.25, -0.2) is 0 Å². The van der Waals surface area contributed by atoms with Crippen LogP contribution in [0, 0.1) is 0 Å². The molecule has 1 N–H and O–H groups in total. The maximum atomic E-state index is 5.41. The fourth-order valence-corrected chi connectivity index (χ4v) is 4.49. The highest BCUT2D eigenvalue weighted by molar-refractivity contribution is 8.13. The van der Waals surface area contributed by atoms with Crippen molar-refractivity contribution < 1.29 is 4.74 Å². The molecule has 1 atom stereocenters. The summed E-state index contributed by atoms with van der Waals surface area (Å²) in [6.45, 7) is 0. The van der Waals surface area contributed by atoms with Gasteiger partial charge in [0.2, 0.25) is 0 Å². The number of nitrogens with zero attached hydrogens (tertiary/aromatic N) is 2. The van der Waals surface area contributed by atoms with Gasteiger partial charge in [0.1, 0.15) is 5.04 Å². The van der Waals surface area contributed by atoms with E-state index in [4.69, 9.17) is 4.74 Å². The molecule has 1 unspecified atom stereocenters. The van der Waals surface area contributed by atoms with Crippen LogP contribution in [0.15, 0.2) is 100 Å². The number of nitrogens with one attached hydrogen (secondary N) is 1. The molecule has 4 rings (SSSR count). The summed E-state index contributed by atoms with van der Waals surface area (Å²) < 4.78 is 5.41. The van der Waals surface area contributed by atoms with Crippen molar-refractivity contribution in [2.45, 2.75) is 18.1 Å². The minimum absolute atomic E-state index is 0.0428. The topological polar surface area (TPSA) is 46.0 Å². The van der Waals surface area contributed by atoms with Gasteiger partial charge in [-0.3, -0.25) is 0 Å². The summed E-state index contributed by atoms with van der Waals surface area (Å²) >= 11 is 1.76. The lowest BCUT2D eigenvalue weighted by molar-refractivity contribution is 0.285. The van der Waals surface area contributed by atoms with E-state index in [0.717, 1.165) is 39.9 Å². The van der Waals surface area contributed by atoms with Gasteiger partial charge in [0, 0.05) is 24.9 Å². The summed E-state index contributed by atoms with van der Waals surface area (Å²) in [6, 6.07) is 19.0. The molecule has 0 fully saturated rings. The van der Waals surface area contributed by atoms with E-state index in [9.17, 15) is 0 Å². The molecule has 5 heteroatoms. The lowest BCUT2D eigenvalue weighted by Gasteiger charge is -2.16. The molecule has 1 aliphatic heterocycles. The van der Waals surface area contributed by atoms with Crippen LogP contribution in [0.2, 0.25) is 0 Å². The fourth-order valence-electron chi connectivity index (χ4n) is 3.47. The Labute approximate surface area is 182 Å². The average molecular weight is 416 g/mol. The predicted octanol–water partition coefficient (Wildman–Crippen LogP) is 5.93. The van der Waals surface area contributed by atoms with Gasteiger partial charge in [0.15, 0.2) is 0 Å². The quantitative estimate of drug-likeness (QED) is 0.636. The molecule has 0 spiro atoms. The molecule has 0 radical (unpaired) electrons. The van der Waals surface area contributed by atoms with E-state index < -0.39 is 0 Å². The summed E-state index contributed by atoms with van der Waals surface area (Å²) in [4.78, 5) is 0. The first-order valence-corrected chi connectivity index (χ1v) is 11.0. The molecule has 1 heterocycles. The largest absolute Gasteiger partial charge is 0.501 e. The van der Waals surface area contributed by atoms with Crippen molar-refractivity contribution in [3.05, 3.63) is 101 Å². The van der Waals surface area contributed by atoms with Crippen LogP contribution in [-0.4, -0.2) is 24.9 Å². The monoisotopic (exact) mass is 415 g/mol. The smallest absolute Gasteiger partial charge is 0.110 e. The molecule has 0 amide bonds. The number of allylic oxidation sites excluding steroid dienone is 5. The maximum Gasteiger partial charge on any atom is 0.110 e. The van der Waals surface area contributed by atoms with E-state index in [1.165, 1.54) is 11.1 Å². The zero-order valence-corrected chi connectivity index (χ0v) is 18.0. The number of hydrogen-bond acceptors (Lipinski definition) is 5. The van der Waals surface area contributed by atoms with E-state index >= 15 is 0 Å². The Morgan fingerprint density at radius 2 is 1.83 bits per heavy atom. The first-order valence-electron chi connectivity index (χ1n) is 10.00. The molecule has 2 aromatic rings. The van der Waals surface area contributed by atoms with Crippen LogP contribution in [0.4, 0.5) is 5.69 Å². The number of thioether (sulfide) groups is 1. The second-order valence-electron chi connectivity index (χ2n) is 7.07. The van der Waals surface area contributed by atoms with Crippen LogP contribution in [0.1, 0.15) is 23.5 Å². The second-order valence-corrected chi connectivity index (χ2v) is 8.06. The summed E-state index contributed by atoms with van der Waals surface area (Å²) in [6.07, 6.45) is 9.13. The number of anilines is 1. The third kappa shape index (κ3) is 4.57. The highest BCUT2D eigenvalue weighted by Crippen LogP contribution is 2.35. The zero-order valence-electron chi connectivity index (χ0n) is 17.2. The van der Waals surface area contributed by atoms with Crippen LogP contribution >= 0.6 is 11.8 Å². The van der Waals surface area contributed by atoms with Crippen molar-refractivity contribution >= 4 is 28.2 Å². The number of rotatable bonds is 6. The van der Waals surface area contributed by atoms with Crippen LogP contribution < -0.4 is 5.32 Å². The maximum absolute atomic E-state index is 5.41. The first kappa shape index (κ1) is 20.2. The molecule has 2 aliphatic rings. The Balaban J connectivity index is 1.57. The molecule has 0 aromatic heterocycles. The summed E-state index contributed by atoms with van der Waals surface area (Å²) in [5.41, 5.74) is 5.65. The minimum Gasteiger partial charge on any atom is -0.501 e. The summed E-state index contributed by atoms with van der Waals surface area (Å²) in [7, 11) is 3.64. The van der Waals surface area contributed by atoms with Crippen molar-refractivity contribution in [2.24, 2.45) is 10.2 Å². The van der Waals surface area contributed by atoms with Gasteiger partial charge >= 0.3 is 0 Å². The highest BCUT2D eigenvalue weighted by atomic mass is 32.2. The first-order chi connectivity index (χ1) is 14.8. The third-order valence-corrected chi connectivity index (χ3v) is 6.25. The van der Waals surface area contributed by atoms with Crippen molar-refractivity contribution in [3.63, 3.8) is 0 Å². The van der Waals surface area contributed by atoms with Gasteiger partial charge in [-0.1, -0.05) is 54.6 Å². The SMILES string of the molecule is CNc1ccc(CSC2=NN=C(C3=CC=C(OC)CC=C3)C2c2ccccc2)cc1. The molecular formula is C25H25N3OS. The van der Waals surface area contributed by atoms with E-state index in [1.54, 1.807) is 18.9 Å². The van der Waals surface area contributed by atoms with Gasteiger partial charge in [0.25, 0.3) is 0 Å². The van der Waals surface area contributed by atoms with Gasteiger partial charge in [-0.05, 0) is 41.0 Å². The van der Waals surface area contributed by atoms with Crippen LogP contribution in [-0.2, 0) is 10.5 Å². The van der Waals surface area contributed by atoms with Crippen molar-refractivity contribution in [2.75, 3.05) is 19.5 Å². The van der Waals surface area contributed by atoms with Crippen molar-refractivity contribution in [3.8, 4) is 0 Å². The predicted molar refractivity (Wildman–Crippen MR) is 128 cm³/mol. The van der Waals surface area contributed by atoms with Crippen LogP contribution in [0.25, 0.3) is 0 Å². The van der Waals surface area contributed by atoms with Gasteiger partial charge < -0.3 is 10.1 Å². The Morgan fingerprint density at radius 1 is 1.03 bits per heavy atom. The zero-order chi connectivity index (χ0) is 20.8. The lowest BCUT2D eigenvalue weighted by atomic mass is 9.90. The molecule has 0 saturated carbocycles. The lowest BCUT2D eigenvalue weighted by Crippen LogP contribution is -2.17. The van der Waals surface area contributed by atoms with Gasteiger partial charge in [0.05, 0.1) is 24.5 Å². The Morgan fingerprint density at radius 3 is 2.57 bits per heavy atom. The van der Waals surface area contributed by atoms with Gasteiger partial charge in [-0.2, -0.15) is 5.10 Å². The summed E-state index contributed by atoms with van der Waals surface area (Å²) in [5, 5.41) is 13.4. The fraction of sp³-hybridized carbons (Fsp3) is 0.200. The Kier molecular flexibility index (Phi) is 6.50. The minimum atomic E-state index is 0.0428. The van der Waals surface area contributed by atoms with E-state index in [2.05, 4.69) is 82.3 Å². The van der Waals surface area contributed by atoms with Crippen molar-refractivity contribution in [1.82, 2.24) is 0 Å². The number of benzene rings is 2. The van der Waals surface area contributed by atoms with E-state index in [-0.39, 0.29) is 5.92 Å². The summed E-state index contributed by atoms with van der Waals surface area (Å²) in [5.74, 6) is 1.84. The third-order valence-electron chi connectivity index (χ3n) is 5.16. The molecule has 30 heavy (non-hydrogen) atoms. The second kappa shape index (κ2) is 9.63. The normalized spacial score (nSPS) is 18.1. The van der Waals surface area contributed by atoms with E-state index in [0.29, 0.717) is 0 Å². The molecule has 0 saturated heterocycles. The molecule has 152 valence electrons. The van der Waals surface area contributed by atoms with Crippen LogP contribution in [0.3, 0.4) is 0 Å². The molecule has 0 bridgehead atoms.